The molecule has 47 heavy (non-hydrogen) atoms. The molecule has 1 unspecified atom stereocenters. The number of hydrazone groups is 1. The van der Waals surface area contributed by atoms with Gasteiger partial charge in [0.2, 0.25) is 0 Å². The van der Waals surface area contributed by atoms with Crippen molar-refractivity contribution >= 4 is 34.1 Å². The predicted octanol–water partition coefficient (Wildman–Crippen LogP) is 9.40. The molecule has 0 aliphatic carbocycles. The van der Waals surface area contributed by atoms with Gasteiger partial charge in [-0.05, 0) is 48.0 Å². The van der Waals surface area contributed by atoms with Crippen LogP contribution in [0.25, 0.3) is 39.1 Å². The molecule has 0 saturated heterocycles. The second-order valence-corrected chi connectivity index (χ2v) is 11.9. The lowest BCUT2D eigenvalue weighted by Gasteiger charge is -2.23. The summed E-state index contributed by atoms with van der Waals surface area (Å²) in [5.74, 6) is -0.211. The molecule has 7 aromatic rings. The third-order valence-corrected chi connectivity index (χ3v) is 8.71. The van der Waals surface area contributed by atoms with E-state index in [2.05, 4.69) is 6.07 Å². The molecule has 8 rings (SSSR count). The van der Waals surface area contributed by atoms with Gasteiger partial charge in [0, 0.05) is 28.0 Å². The predicted molar refractivity (Wildman–Crippen MR) is 188 cm³/mol. The highest BCUT2D eigenvalue weighted by Crippen LogP contribution is 2.38. The monoisotopic (exact) mass is 629 g/mol. The topological polar surface area (TPSA) is 63.4 Å². The number of carbonyl (C=O) groups excluding carboxylic acids is 1. The van der Waals surface area contributed by atoms with Crippen molar-refractivity contribution in [3.63, 3.8) is 0 Å². The Balaban J connectivity index is 1.31. The molecule has 0 spiro atoms. The van der Waals surface area contributed by atoms with Crippen LogP contribution >= 0.6 is 11.6 Å². The SMILES string of the molecule is O=C(c1cc(-c2ccccc2)nc2ccccc12)N1N=C(c2ccc(Cl)cc2)CC1c1cc(-c2ccccc2)nn1-c1ccccc1. The van der Waals surface area contributed by atoms with Gasteiger partial charge in [0.25, 0.3) is 5.91 Å². The molecule has 7 heteroatoms. The molecule has 1 atom stereocenters. The maximum absolute atomic E-state index is 14.9. The summed E-state index contributed by atoms with van der Waals surface area (Å²) in [5, 5.41) is 13.2. The second kappa shape index (κ2) is 12.2. The summed E-state index contributed by atoms with van der Waals surface area (Å²) in [6.45, 7) is 0. The number of hydrogen-bond donors (Lipinski definition) is 0. The van der Waals surface area contributed by atoms with Crippen molar-refractivity contribution in [2.75, 3.05) is 0 Å². The number of nitrogens with zero attached hydrogens (tertiary/aromatic N) is 5. The van der Waals surface area contributed by atoms with Crippen LogP contribution in [0.15, 0.2) is 157 Å². The Morgan fingerprint density at radius 1 is 0.660 bits per heavy atom. The van der Waals surface area contributed by atoms with E-state index >= 15 is 0 Å². The summed E-state index contributed by atoms with van der Waals surface area (Å²) in [6.07, 6.45) is 0.495. The summed E-state index contributed by atoms with van der Waals surface area (Å²) in [5.41, 5.74) is 8.22. The van der Waals surface area contributed by atoms with E-state index in [0.29, 0.717) is 17.0 Å². The molecule has 1 aliphatic rings. The quantitative estimate of drug-likeness (QED) is 0.184. The van der Waals surface area contributed by atoms with Crippen LogP contribution in [0, 0.1) is 0 Å². The molecule has 226 valence electrons. The third-order valence-electron chi connectivity index (χ3n) is 8.46. The van der Waals surface area contributed by atoms with Crippen molar-refractivity contribution in [2.24, 2.45) is 5.10 Å². The number of rotatable bonds is 6. The van der Waals surface area contributed by atoms with Gasteiger partial charge >= 0.3 is 0 Å². The van der Waals surface area contributed by atoms with Crippen molar-refractivity contribution in [3.8, 4) is 28.2 Å². The summed E-state index contributed by atoms with van der Waals surface area (Å²) >= 11 is 6.25. The third kappa shape index (κ3) is 5.49. The van der Waals surface area contributed by atoms with Gasteiger partial charge < -0.3 is 0 Å². The number of halogens is 1. The lowest BCUT2D eigenvalue weighted by atomic mass is 9.99. The highest BCUT2D eigenvalue weighted by Gasteiger charge is 2.37. The Bertz CT molecular complexity index is 2250. The molecule has 0 fully saturated rings. The molecule has 0 bridgehead atoms. The number of hydrogen-bond acceptors (Lipinski definition) is 4. The van der Waals surface area contributed by atoms with Crippen LogP contribution in [0.4, 0.5) is 0 Å². The van der Waals surface area contributed by atoms with Crippen molar-refractivity contribution in [1.82, 2.24) is 19.8 Å². The van der Waals surface area contributed by atoms with Crippen molar-refractivity contribution < 1.29 is 4.79 Å². The van der Waals surface area contributed by atoms with Gasteiger partial charge in [-0.1, -0.05) is 121 Å². The highest BCUT2D eigenvalue weighted by atomic mass is 35.5. The van der Waals surface area contributed by atoms with E-state index in [1.54, 1.807) is 5.01 Å². The minimum Gasteiger partial charge on any atom is -0.267 e. The average molecular weight is 630 g/mol. The molecule has 0 radical (unpaired) electrons. The largest absolute Gasteiger partial charge is 0.275 e. The summed E-state index contributed by atoms with van der Waals surface area (Å²) in [6, 6.07) is 48.9. The second-order valence-electron chi connectivity index (χ2n) is 11.4. The molecule has 1 aliphatic heterocycles. The number of amides is 1. The fraction of sp³-hybridized carbons (Fsp3) is 0.0500. The minimum atomic E-state index is -0.439. The van der Waals surface area contributed by atoms with Crippen LogP contribution in [-0.4, -0.2) is 31.4 Å². The number of pyridine rings is 1. The van der Waals surface area contributed by atoms with Crippen LogP contribution in [-0.2, 0) is 0 Å². The summed E-state index contributed by atoms with van der Waals surface area (Å²) in [7, 11) is 0. The van der Waals surface area contributed by atoms with Gasteiger partial charge in [-0.2, -0.15) is 10.2 Å². The molecular weight excluding hydrogens is 602 g/mol. The Labute approximate surface area is 277 Å². The number of carbonyl (C=O) groups is 1. The van der Waals surface area contributed by atoms with E-state index in [1.165, 1.54) is 0 Å². The van der Waals surface area contributed by atoms with Crippen molar-refractivity contribution in [3.05, 3.63) is 174 Å². The van der Waals surface area contributed by atoms with Gasteiger partial charge in [0.05, 0.1) is 39.6 Å². The summed E-state index contributed by atoms with van der Waals surface area (Å²) in [4.78, 5) is 19.8. The molecule has 3 heterocycles. The zero-order chi connectivity index (χ0) is 31.7. The molecular formula is C40H28ClN5O. The maximum Gasteiger partial charge on any atom is 0.275 e. The van der Waals surface area contributed by atoms with E-state index < -0.39 is 6.04 Å². The first-order chi connectivity index (χ1) is 23.1. The summed E-state index contributed by atoms with van der Waals surface area (Å²) < 4.78 is 1.94. The van der Waals surface area contributed by atoms with Crippen LogP contribution in [0.1, 0.15) is 34.1 Å². The van der Waals surface area contributed by atoms with E-state index in [-0.39, 0.29) is 5.91 Å². The maximum atomic E-state index is 14.9. The number of aromatic nitrogens is 3. The molecule has 0 saturated carbocycles. The molecule has 6 nitrogen and oxygen atoms in total. The first kappa shape index (κ1) is 28.6. The zero-order valence-electron chi connectivity index (χ0n) is 25.2. The van der Waals surface area contributed by atoms with E-state index in [9.17, 15) is 4.79 Å². The van der Waals surface area contributed by atoms with E-state index in [1.807, 2.05) is 150 Å². The molecule has 2 aromatic heterocycles. The number of fused-ring (bicyclic) bond motifs is 1. The number of benzene rings is 5. The number of para-hydroxylation sites is 2. The fourth-order valence-corrected chi connectivity index (χ4v) is 6.26. The standard InChI is InChI=1S/C40H28ClN5O/c41-30-22-20-29(21-23-30)37-26-39(38-25-36(28-14-6-2-7-15-28)43-45(38)31-16-8-3-9-17-31)46(44-37)40(47)33-24-35(27-12-4-1-5-13-27)42-34-19-11-10-18-32(33)34/h1-25,39H,26H2. The lowest BCUT2D eigenvalue weighted by molar-refractivity contribution is 0.0708. The molecule has 1 amide bonds. The Morgan fingerprint density at radius 3 is 1.98 bits per heavy atom. The van der Waals surface area contributed by atoms with Gasteiger partial charge in [-0.25, -0.2) is 14.7 Å². The van der Waals surface area contributed by atoms with Gasteiger partial charge in [-0.3, -0.25) is 4.79 Å². The fourth-order valence-electron chi connectivity index (χ4n) is 6.14. The Kier molecular flexibility index (Phi) is 7.40. The van der Waals surface area contributed by atoms with Crippen molar-refractivity contribution in [2.45, 2.75) is 12.5 Å². The highest BCUT2D eigenvalue weighted by molar-refractivity contribution is 6.30. The van der Waals surface area contributed by atoms with Crippen LogP contribution in [0.2, 0.25) is 5.02 Å². The molecule has 0 N–H and O–H groups in total. The Hall–Kier alpha value is -5.85. The van der Waals surface area contributed by atoms with Crippen LogP contribution < -0.4 is 0 Å². The van der Waals surface area contributed by atoms with Gasteiger partial charge in [0.1, 0.15) is 6.04 Å². The first-order valence-corrected chi connectivity index (χ1v) is 15.8. The normalized spacial score (nSPS) is 14.4. The first-order valence-electron chi connectivity index (χ1n) is 15.5. The molecule has 5 aromatic carbocycles. The minimum absolute atomic E-state index is 0.211. The van der Waals surface area contributed by atoms with Gasteiger partial charge in [-0.15, -0.1) is 0 Å². The van der Waals surface area contributed by atoms with Crippen molar-refractivity contribution in [1.29, 1.82) is 0 Å². The zero-order valence-corrected chi connectivity index (χ0v) is 26.0. The smallest absolute Gasteiger partial charge is 0.267 e. The van der Waals surface area contributed by atoms with Crippen LogP contribution in [0.5, 0.6) is 0 Å². The average Bonchev–Trinajstić information content (AvgIpc) is 3.78. The van der Waals surface area contributed by atoms with Crippen LogP contribution in [0.3, 0.4) is 0 Å². The van der Waals surface area contributed by atoms with E-state index in [4.69, 9.17) is 26.8 Å². The lowest BCUT2D eigenvalue weighted by Crippen LogP contribution is -2.29. The Morgan fingerprint density at radius 2 is 1.28 bits per heavy atom. The van der Waals surface area contributed by atoms with Gasteiger partial charge in [0.15, 0.2) is 0 Å². The van der Waals surface area contributed by atoms with E-state index in [0.717, 1.165) is 56.1 Å².